The number of aryl methyl sites for hydroxylation is 1. The molecule has 0 saturated heterocycles. The molecule has 0 amide bonds. The Bertz CT molecular complexity index is 553. The molecule has 2 nitrogen and oxygen atoms in total. The van der Waals surface area contributed by atoms with Crippen LogP contribution in [0.3, 0.4) is 0 Å². The lowest BCUT2D eigenvalue weighted by Crippen LogP contribution is -2.30. The van der Waals surface area contributed by atoms with E-state index in [2.05, 4.69) is 23.3 Å². The Morgan fingerprint density at radius 1 is 1.25 bits per heavy atom. The van der Waals surface area contributed by atoms with E-state index in [-0.39, 0.29) is 5.82 Å². The van der Waals surface area contributed by atoms with Gasteiger partial charge < -0.3 is 5.11 Å². The van der Waals surface area contributed by atoms with Crippen molar-refractivity contribution < 1.29 is 9.50 Å². The molecule has 1 aromatic carbocycles. The molecule has 1 atom stereocenters. The molecule has 0 saturated carbocycles. The number of hydrogen-bond donors (Lipinski definition) is 1. The molecule has 0 bridgehead atoms. The van der Waals surface area contributed by atoms with Crippen molar-refractivity contribution in [3.8, 4) is 0 Å². The molecule has 0 aliphatic rings. The minimum atomic E-state index is -0.429. The van der Waals surface area contributed by atoms with Crippen molar-refractivity contribution in [3.05, 3.63) is 57.5 Å². The number of aliphatic hydroxyl groups excluding tert-OH is 1. The number of benzene rings is 1. The number of halogens is 1. The first kappa shape index (κ1) is 15.2. The normalized spacial score (nSPS) is 12.8. The van der Waals surface area contributed by atoms with Gasteiger partial charge in [0.2, 0.25) is 0 Å². The molecule has 108 valence electrons. The van der Waals surface area contributed by atoms with E-state index in [4.69, 9.17) is 0 Å². The maximum absolute atomic E-state index is 13.8. The van der Waals surface area contributed by atoms with Crippen LogP contribution in [0.5, 0.6) is 0 Å². The zero-order valence-electron chi connectivity index (χ0n) is 11.8. The van der Waals surface area contributed by atoms with Crippen LogP contribution in [-0.4, -0.2) is 22.7 Å². The SMILES string of the molecule is Cc1ccsc1CN(Cc1ccccc1F)CC(C)O. The van der Waals surface area contributed by atoms with Crippen LogP contribution in [0, 0.1) is 12.7 Å². The summed E-state index contributed by atoms with van der Waals surface area (Å²) in [6, 6.07) is 8.90. The minimum absolute atomic E-state index is 0.189. The highest BCUT2D eigenvalue weighted by molar-refractivity contribution is 7.10. The van der Waals surface area contributed by atoms with Crippen LogP contribution in [0.1, 0.15) is 22.9 Å². The molecule has 1 heterocycles. The van der Waals surface area contributed by atoms with E-state index in [1.54, 1.807) is 30.4 Å². The zero-order chi connectivity index (χ0) is 14.5. The molecule has 0 aliphatic heterocycles. The molecule has 2 aromatic rings. The molecule has 2 rings (SSSR count). The third-order valence-corrected chi connectivity index (χ3v) is 4.22. The van der Waals surface area contributed by atoms with Crippen molar-refractivity contribution in [1.29, 1.82) is 0 Å². The van der Waals surface area contributed by atoms with Crippen molar-refractivity contribution >= 4 is 11.3 Å². The van der Waals surface area contributed by atoms with Gasteiger partial charge >= 0.3 is 0 Å². The predicted octanol–water partition coefficient (Wildman–Crippen LogP) is 3.58. The number of hydrogen-bond acceptors (Lipinski definition) is 3. The molecule has 1 N–H and O–H groups in total. The highest BCUT2D eigenvalue weighted by atomic mass is 32.1. The lowest BCUT2D eigenvalue weighted by molar-refractivity contribution is 0.118. The Balaban J connectivity index is 2.12. The summed E-state index contributed by atoms with van der Waals surface area (Å²) in [5, 5.41) is 11.7. The largest absolute Gasteiger partial charge is 0.392 e. The molecule has 0 spiro atoms. The lowest BCUT2D eigenvalue weighted by Gasteiger charge is -2.24. The zero-order valence-corrected chi connectivity index (χ0v) is 12.7. The minimum Gasteiger partial charge on any atom is -0.392 e. The summed E-state index contributed by atoms with van der Waals surface area (Å²) in [5.74, 6) is -0.189. The first-order valence-corrected chi connectivity index (χ1v) is 7.61. The summed E-state index contributed by atoms with van der Waals surface area (Å²) in [7, 11) is 0. The fourth-order valence-corrected chi connectivity index (χ4v) is 3.14. The smallest absolute Gasteiger partial charge is 0.127 e. The molecule has 20 heavy (non-hydrogen) atoms. The molecule has 0 aliphatic carbocycles. The van der Waals surface area contributed by atoms with Crippen molar-refractivity contribution in [3.63, 3.8) is 0 Å². The van der Waals surface area contributed by atoms with E-state index < -0.39 is 6.10 Å². The van der Waals surface area contributed by atoms with Gasteiger partial charge in [-0.15, -0.1) is 11.3 Å². The van der Waals surface area contributed by atoms with Gasteiger partial charge in [-0.3, -0.25) is 4.90 Å². The van der Waals surface area contributed by atoms with Crippen LogP contribution >= 0.6 is 11.3 Å². The van der Waals surface area contributed by atoms with Gasteiger partial charge in [0.15, 0.2) is 0 Å². The Morgan fingerprint density at radius 2 is 2.00 bits per heavy atom. The van der Waals surface area contributed by atoms with Crippen LogP contribution in [0.15, 0.2) is 35.7 Å². The fourth-order valence-electron chi connectivity index (χ4n) is 2.20. The van der Waals surface area contributed by atoms with Crippen LogP contribution in [0.2, 0.25) is 0 Å². The predicted molar refractivity (Wildman–Crippen MR) is 81.3 cm³/mol. The molecular formula is C16H20FNOS. The molecule has 4 heteroatoms. The summed E-state index contributed by atoms with van der Waals surface area (Å²) in [4.78, 5) is 3.35. The highest BCUT2D eigenvalue weighted by Crippen LogP contribution is 2.20. The van der Waals surface area contributed by atoms with Crippen molar-refractivity contribution in [2.24, 2.45) is 0 Å². The summed E-state index contributed by atoms with van der Waals surface area (Å²) in [5.41, 5.74) is 1.92. The standard InChI is InChI=1S/C16H20FNOS/c1-12-7-8-20-16(12)11-18(9-13(2)19)10-14-5-3-4-6-15(14)17/h3-8,13,19H,9-11H2,1-2H3. The monoisotopic (exact) mass is 293 g/mol. The van der Waals surface area contributed by atoms with Crippen molar-refractivity contribution in [2.45, 2.75) is 33.0 Å². The highest BCUT2D eigenvalue weighted by Gasteiger charge is 2.13. The van der Waals surface area contributed by atoms with Gasteiger partial charge in [0, 0.05) is 30.1 Å². The quantitative estimate of drug-likeness (QED) is 0.880. The van der Waals surface area contributed by atoms with E-state index >= 15 is 0 Å². The summed E-state index contributed by atoms with van der Waals surface area (Å²) in [6.07, 6.45) is -0.429. The van der Waals surface area contributed by atoms with E-state index in [0.717, 1.165) is 6.54 Å². The van der Waals surface area contributed by atoms with Crippen LogP contribution in [0.4, 0.5) is 4.39 Å². The van der Waals surface area contributed by atoms with Crippen LogP contribution < -0.4 is 0 Å². The van der Waals surface area contributed by atoms with Crippen molar-refractivity contribution in [2.75, 3.05) is 6.54 Å². The summed E-state index contributed by atoms with van der Waals surface area (Å²) < 4.78 is 13.8. The Hall–Kier alpha value is -1.23. The van der Waals surface area contributed by atoms with Gasteiger partial charge in [0.1, 0.15) is 5.82 Å². The first-order valence-electron chi connectivity index (χ1n) is 6.73. The third-order valence-electron chi connectivity index (χ3n) is 3.21. The third kappa shape index (κ3) is 4.13. The van der Waals surface area contributed by atoms with Gasteiger partial charge in [0.05, 0.1) is 6.10 Å². The molecule has 0 radical (unpaired) electrons. The van der Waals surface area contributed by atoms with Gasteiger partial charge in [-0.25, -0.2) is 4.39 Å². The maximum atomic E-state index is 13.8. The van der Waals surface area contributed by atoms with E-state index in [1.165, 1.54) is 16.5 Å². The Morgan fingerprint density at radius 3 is 2.60 bits per heavy atom. The molecule has 0 fully saturated rings. The van der Waals surface area contributed by atoms with E-state index in [9.17, 15) is 9.50 Å². The van der Waals surface area contributed by atoms with Gasteiger partial charge in [-0.05, 0) is 36.9 Å². The van der Waals surface area contributed by atoms with Gasteiger partial charge in [0.25, 0.3) is 0 Å². The number of nitrogens with zero attached hydrogens (tertiary/aromatic N) is 1. The maximum Gasteiger partial charge on any atom is 0.127 e. The van der Waals surface area contributed by atoms with Crippen molar-refractivity contribution in [1.82, 2.24) is 4.90 Å². The average Bonchev–Trinajstić information content (AvgIpc) is 2.77. The van der Waals surface area contributed by atoms with E-state index in [1.807, 2.05) is 6.07 Å². The summed E-state index contributed by atoms with van der Waals surface area (Å²) in [6.45, 7) is 5.62. The fraction of sp³-hybridized carbons (Fsp3) is 0.375. The molecular weight excluding hydrogens is 273 g/mol. The Kier molecular flexibility index (Phi) is 5.29. The topological polar surface area (TPSA) is 23.5 Å². The number of rotatable bonds is 6. The number of thiophene rings is 1. The number of aliphatic hydroxyl groups is 1. The van der Waals surface area contributed by atoms with Crippen LogP contribution in [0.25, 0.3) is 0 Å². The second-order valence-electron chi connectivity index (χ2n) is 5.14. The molecule has 1 unspecified atom stereocenters. The summed E-state index contributed by atoms with van der Waals surface area (Å²) >= 11 is 1.70. The second kappa shape index (κ2) is 6.97. The Labute approximate surface area is 123 Å². The lowest BCUT2D eigenvalue weighted by atomic mass is 10.2. The average molecular weight is 293 g/mol. The van der Waals surface area contributed by atoms with Gasteiger partial charge in [-0.1, -0.05) is 18.2 Å². The van der Waals surface area contributed by atoms with Gasteiger partial charge in [-0.2, -0.15) is 0 Å². The molecule has 1 aromatic heterocycles. The second-order valence-corrected chi connectivity index (χ2v) is 6.14. The first-order chi connectivity index (χ1) is 9.56. The van der Waals surface area contributed by atoms with Crippen LogP contribution in [-0.2, 0) is 13.1 Å². The van der Waals surface area contributed by atoms with E-state index in [0.29, 0.717) is 18.7 Å².